The predicted octanol–water partition coefficient (Wildman–Crippen LogP) is 1.63. The third-order valence-electron chi connectivity index (χ3n) is 1.94. The van der Waals surface area contributed by atoms with E-state index in [0.29, 0.717) is 11.4 Å². The van der Waals surface area contributed by atoms with Crippen LogP contribution in [0.15, 0.2) is 36.7 Å². The molecule has 0 radical (unpaired) electrons. The SMILES string of the molecule is OC(c1cccc(F)c1)c1ncc[nH]1. The number of imidazole rings is 1. The molecule has 1 unspecified atom stereocenters. The van der Waals surface area contributed by atoms with Gasteiger partial charge in [0.2, 0.25) is 0 Å². The van der Waals surface area contributed by atoms with E-state index >= 15 is 0 Å². The number of aromatic nitrogens is 2. The lowest BCUT2D eigenvalue weighted by molar-refractivity contribution is 0.210. The van der Waals surface area contributed by atoms with Crippen molar-refractivity contribution in [1.82, 2.24) is 9.97 Å². The molecule has 0 spiro atoms. The maximum atomic E-state index is 12.8. The summed E-state index contributed by atoms with van der Waals surface area (Å²) in [5.74, 6) is 0.0451. The van der Waals surface area contributed by atoms with Crippen LogP contribution in [-0.2, 0) is 0 Å². The van der Waals surface area contributed by atoms with Crippen LogP contribution in [0.1, 0.15) is 17.5 Å². The molecular formula is C10H9FN2O. The van der Waals surface area contributed by atoms with E-state index in [4.69, 9.17) is 0 Å². The largest absolute Gasteiger partial charge is 0.380 e. The Morgan fingerprint density at radius 3 is 2.93 bits per heavy atom. The minimum atomic E-state index is -0.902. The van der Waals surface area contributed by atoms with E-state index in [-0.39, 0.29) is 5.82 Å². The molecule has 72 valence electrons. The summed E-state index contributed by atoms with van der Waals surface area (Å²) in [5, 5.41) is 9.74. The number of aromatic amines is 1. The van der Waals surface area contributed by atoms with Crippen molar-refractivity contribution in [3.05, 3.63) is 53.9 Å². The first-order valence-electron chi connectivity index (χ1n) is 4.20. The van der Waals surface area contributed by atoms with Crippen LogP contribution in [0.3, 0.4) is 0 Å². The molecule has 0 aliphatic rings. The predicted molar refractivity (Wildman–Crippen MR) is 49.0 cm³/mol. The zero-order valence-corrected chi connectivity index (χ0v) is 7.31. The summed E-state index contributed by atoms with van der Waals surface area (Å²) in [6.45, 7) is 0. The number of nitrogens with one attached hydrogen (secondary N) is 1. The van der Waals surface area contributed by atoms with Crippen LogP contribution in [0.25, 0.3) is 0 Å². The highest BCUT2D eigenvalue weighted by Crippen LogP contribution is 2.18. The van der Waals surface area contributed by atoms with Gasteiger partial charge >= 0.3 is 0 Å². The second-order valence-corrected chi connectivity index (χ2v) is 2.93. The number of benzene rings is 1. The van der Waals surface area contributed by atoms with E-state index in [1.807, 2.05) is 0 Å². The first-order chi connectivity index (χ1) is 6.77. The molecule has 1 aromatic carbocycles. The molecule has 1 heterocycles. The van der Waals surface area contributed by atoms with E-state index in [2.05, 4.69) is 9.97 Å². The van der Waals surface area contributed by atoms with Gasteiger partial charge in [-0.05, 0) is 17.7 Å². The Morgan fingerprint density at radius 2 is 2.29 bits per heavy atom. The van der Waals surface area contributed by atoms with Crippen molar-refractivity contribution < 1.29 is 9.50 Å². The Balaban J connectivity index is 2.32. The molecule has 0 fully saturated rings. The molecule has 1 atom stereocenters. The number of hydrogen-bond acceptors (Lipinski definition) is 2. The first kappa shape index (κ1) is 8.90. The molecule has 0 saturated heterocycles. The van der Waals surface area contributed by atoms with Gasteiger partial charge in [-0.1, -0.05) is 12.1 Å². The molecule has 14 heavy (non-hydrogen) atoms. The summed E-state index contributed by atoms with van der Waals surface area (Å²) >= 11 is 0. The Morgan fingerprint density at radius 1 is 1.43 bits per heavy atom. The lowest BCUT2D eigenvalue weighted by Gasteiger charge is -2.07. The summed E-state index contributed by atoms with van der Waals surface area (Å²) in [5.41, 5.74) is 0.486. The third-order valence-corrected chi connectivity index (χ3v) is 1.94. The topological polar surface area (TPSA) is 48.9 Å². The van der Waals surface area contributed by atoms with Crippen LogP contribution in [-0.4, -0.2) is 15.1 Å². The van der Waals surface area contributed by atoms with E-state index in [0.717, 1.165) is 0 Å². The van der Waals surface area contributed by atoms with Gasteiger partial charge in [-0.15, -0.1) is 0 Å². The number of H-pyrrole nitrogens is 1. The average Bonchev–Trinajstić information content (AvgIpc) is 2.69. The number of hydrogen-bond donors (Lipinski definition) is 2. The van der Waals surface area contributed by atoms with E-state index in [9.17, 15) is 9.50 Å². The molecule has 0 amide bonds. The quantitative estimate of drug-likeness (QED) is 0.759. The third kappa shape index (κ3) is 1.65. The second-order valence-electron chi connectivity index (χ2n) is 2.93. The fourth-order valence-electron chi connectivity index (χ4n) is 1.26. The second kappa shape index (κ2) is 3.59. The van der Waals surface area contributed by atoms with E-state index in [1.54, 1.807) is 18.3 Å². The maximum Gasteiger partial charge on any atom is 0.139 e. The van der Waals surface area contributed by atoms with Crippen molar-refractivity contribution in [2.24, 2.45) is 0 Å². The van der Waals surface area contributed by atoms with Gasteiger partial charge in [-0.3, -0.25) is 0 Å². The normalized spacial score (nSPS) is 12.7. The van der Waals surface area contributed by atoms with Crippen molar-refractivity contribution in [1.29, 1.82) is 0 Å². The molecule has 3 nitrogen and oxygen atoms in total. The van der Waals surface area contributed by atoms with Crippen LogP contribution in [0.5, 0.6) is 0 Å². The molecule has 1 aromatic heterocycles. The standard InChI is InChI=1S/C10H9FN2O/c11-8-3-1-2-7(6-8)9(14)10-12-4-5-13-10/h1-6,9,14H,(H,12,13). The van der Waals surface area contributed by atoms with Crippen molar-refractivity contribution >= 4 is 0 Å². The van der Waals surface area contributed by atoms with Gasteiger partial charge in [0.05, 0.1) is 0 Å². The van der Waals surface area contributed by atoms with Crippen LogP contribution in [0, 0.1) is 5.82 Å². The average molecular weight is 192 g/mol. The number of halogens is 1. The van der Waals surface area contributed by atoms with E-state index < -0.39 is 6.10 Å². The van der Waals surface area contributed by atoms with Crippen molar-refractivity contribution in [2.45, 2.75) is 6.10 Å². The van der Waals surface area contributed by atoms with Crippen molar-refractivity contribution in [2.75, 3.05) is 0 Å². The Hall–Kier alpha value is -1.68. The Bertz CT molecular complexity index is 414. The molecule has 0 saturated carbocycles. The zero-order valence-electron chi connectivity index (χ0n) is 7.31. The number of nitrogens with zero attached hydrogens (tertiary/aromatic N) is 1. The Labute approximate surface area is 80.2 Å². The summed E-state index contributed by atoms with van der Waals surface area (Å²) < 4.78 is 12.8. The minimum absolute atomic E-state index is 0.367. The highest BCUT2D eigenvalue weighted by atomic mass is 19.1. The van der Waals surface area contributed by atoms with Gasteiger partial charge in [-0.2, -0.15) is 0 Å². The molecule has 4 heteroatoms. The molecular weight excluding hydrogens is 183 g/mol. The lowest BCUT2D eigenvalue weighted by Crippen LogP contribution is -2.01. The van der Waals surface area contributed by atoms with Gasteiger partial charge in [0.1, 0.15) is 17.7 Å². The van der Waals surface area contributed by atoms with Gasteiger partial charge in [0.25, 0.3) is 0 Å². The minimum Gasteiger partial charge on any atom is -0.380 e. The molecule has 0 aliphatic carbocycles. The summed E-state index contributed by atoms with van der Waals surface area (Å²) in [6.07, 6.45) is 2.25. The smallest absolute Gasteiger partial charge is 0.139 e. The van der Waals surface area contributed by atoms with E-state index in [1.165, 1.54) is 18.3 Å². The fourth-order valence-corrected chi connectivity index (χ4v) is 1.26. The molecule has 2 N–H and O–H groups in total. The van der Waals surface area contributed by atoms with Gasteiger partial charge in [0.15, 0.2) is 0 Å². The maximum absolute atomic E-state index is 12.8. The highest BCUT2D eigenvalue weighted by molar-refractivity contribution is 5.23. The first-order valence-corrected chi connectivity index (χ1v) is 4.20. The number of rotatable bonds is 2. The zero-order chi connectivity index (χ0) is 9.97. The number of aliphatic hydroxyl groups excluding tert-OH is 1. The summed E-state index contributed by atoms with van der Waals surface area (Å²) in [4.78, 5) is 6.67. The van der Waals surface area contributed by atoms with Crippen LogP contribution in [0.2, 0.25) is 0 Å². The van der Waals surface area contributed by atoms with Crippen LogP contribution < -0.4 is 0 Å². The van der Waals surface area contributed by atoms with Crippen LogP contribution >= 0.6 is 0 Å². The summed E-state index contributed by atoms with van der Waals surface area (Å²) in [6, 6.07) is 5.82. The van der Waals surface area contributed by atoms with Gasteiger partial charge in [0, 0.05) is 12.4 Å². The molecule has 0 aliphatic heterocycles. The molecule has 0 bridgehead atoms. The number of aliphatic hydroxyl groups is 1. The van der Waals surface area contributed by atoms with Gasteiger partial charge in [-0.25, -0.2) is 9.37 Å². The highest BCUT2D eigenvalue weighted by Gasteiger charge is 2.12. The van der Waals surface area contributed by atoms with Gasteiger partial charge < -0.3 is 10.1 Å². The monoisotopic (exact) mass is 192 g/mol. The Kier molecular flexibility index (Phi) is 2.28. The lowest BCUT2D eigenvalue weighted by atomic mass is 10.1. The molecule has 2 rings (SSSR count). The van der Waals surface area contributed by atoms with Crippen LogP contribution in [0.4, 0.5) is 4.39 Å². The fraction of sp³-hybridized carbons (Fsp3) is 0.100. The molecule has 2 aromatic rings. The van der Waals surface area contributed by atoms with Crippen molar-refractivity contribution in [3.8, 4) is 0 Å². The summed E-state index contributed by atoms with van der Waals surface area (Å²) in [7, 11) is 0. The van der Waals surface area contributed by atoms with Crippen molar-refractivity contribution in [3.63, 3.8) is 0 Å².